The van der Waals surface area contributed by atoms with Crippen LogP contribution in [0.3, 0.4) is 0 Å². The number of hydrogen-bond acceptors (Lipinski definition) is 1. The fourth-order valence-corrected chi connectivity index (χ4v) is 2.45. The first-order chi connectivity index (χ1) is 9.04. The maximum atomic E-state index is 13.1. The van der Waals surface area contributed by atoms with Gasteiger partial charge >= 0.3 is 0 Å². The molecule has 0 heterocycles. The zero-order chi connectivity index (χ0) is 13.8. The summed E-state index contributed by atoms with van der Waals surface area (Å²) in [5, 5.41) is 4.54. The topological polar surface area (TPSA) is 12.0 Å². The lowest BCUT2D eigenvalue weighted by Crippen LogP contribution is -2.18. The van der Waals surface area contributed by atoms with Crippen LogP contribution in [0.2, 0.25) is 10.0 Å². The largest absolute Gasteiger partial charge is 0.306 e. The predicted molar refractivity (Wildman–Crippen MR) is 78.1 cm³/mol. The van der Waals surface area contributed by atoms with Gasteiger partial charge in [0.15, 0.2) is 0 Å². The van der Waals surface area contributed by atoms with Gasteiger partial charge in [-0.1, -0.05) is 35.3 Å². The van der Waals surface area contributed by atoms with Crippen LogP contribution in [0.4, 0.5) is 4.39 Å². The van der Waals surface area contributed by atoms with Gasteiger partial charge in [-0.25, -0.2) is 4.39 Å². The molecule has 0 saturated heterocycles. The number of halogens is 3. The van der Waals surface area contributed by atoms with E-state index in [0.717, 1.165) is 11.1 Å². The molecule has 0 unspecified atom stereocenters. The number of hydrogen-bond donors (Lipinski definition) is 1. The van der Waals surface area contributed by atoms with E-state index < -0.39 is 0 Å². The standard InChI is InChI=1S/C15H14Cl2FN/c1-10(12-3-2-4-15(18)7-12)19-9-11-5-13(16)8-14(17)6-11/h2-8,10,19H,9H2,1H3/t10-/m0/s1. The molecule has 2 rings (SSSR count). The first kappa shape index (κ1) is 14.3. The lowest BCUT2D eigenvalue weighted by atomic mass is 10.1. The summed E-state index contributed by atoms with van der Waals surface area (Å²) in [7, 11) is 0. The molecule has 0 aromatic heterocycles. The molecule has 0 bridgehead atoms. The van der Waals surface area contributed by atoms with Crippen molar-refractivity contribution < 1.29 is 4.39 Å². The predicted octanol–water partition coefficient (Wildman–Crippen LogP) is 4.98. The summed E-state index contributed by atoms with van der Waals surface area (Å²) < 4.78 is 13.1. The summed E-state index contributed by atoms with van der Waals surface area (Å²) >= 11 is 11.9. The van der Waals surface area contributed by atoms with E-state index in [1.165, 1.54) is 12.1 Å². The normalized spacial score (nSPS) is 12.4. The van der Waals surface area contributed by atoms with Crippen molar-refractivity contribution in [1.29, 1.82) is 0 Å². The monoisotopic (exact) mass is 297 g/mol. The molecule has 0 aliphatic heterocycles. The van der Waals surface area contributed by atoms with Crippen LogP contribution >= 0.6 is 23.2 Å². The molecule has 0 aliphatic carbocycles. The summed E-state index contributed by atoms with van der Waals surface area (Å²) in [6.45, 7) is 2.61. The molecule has 0 spiro atoms. The van der Waals surface area contributed by atoms with Gasteiger partial charge in [-0.2, -0.15) is 0 Å². The van der Waals surface area contributed by atoms with Crippen molar-refractivity contribution in [3.63, 3.8) is 0 Å². The first-order valence-electron chi connectivity index (χ1n) is 5.98. The van der Waals surface area contributed by atoms with Gasteiger partial charge < -0.3 is 5.32 Å². The molecule has 0 aliphatic rings. The maximum absolute atomic E-state index is 13.1. The molecule has 2 aromatic carbocycles. The Hall–Kier alpha value is -1.09. The van der Waals surface area contributed by atoms with Gasteiger partial charge in [-0.15, -0.1) is 0 Å². The van der Waals surface area contributed by atoms with Crippen LogP contribution in [0.1, 0.15) is 24.1 Å². The van der Waals surface area contributed by atoms with Crippen molar-refractivity contribution in [3.05, 3.63) is 69.5 Å². The van der Waals surface area contributed by atoms with E-state index in [0.29, 0.717) is 16.6 Å². The zero-order valence-electron chi connectivity index (χ0n) is 10.5. The Balaban J connectivity index is 2.02. The van der Waals surface area contributed by atoms with Gasteiger partial charge in [0, 0.05) is 22.6 Å². The smallest absolute Gasteiger partial charge is 0.123 e. The summed E-state index contributed by atoms with van der Waals surface area (Å²) in [6.07, 6.45) is 0. The van der Waals surface area contributed by atoms with Crippen molar-refractivity contribution in [2.24, 2.45) is 0 Å². The summed E-state index contributed by atoms with van der Waals surface area (Å²) in [6, 6.07) is 12.0. The van der Waals surface area contributed by atoms with Gasteiger partial charge in [0.25, 0.3) is 0 Å². The molecule has 0 amide bonds. The van der Waals surface area contributed by atoms with Crippen LogP contribution in [-0.4, -0.2) is 0 Å². The van der Waals surface area contributed by atoms with Gasteiger partial charge in [-0.05, 0) is 48.4 Å². The Labute approximate surface area is 122 Å². The molecule has 0 radical (unpaired) electrons. The van der Waals surface area contributed by atoms with Crippen LogP contribution in [-0.2, 0) is 6.54 Å². The molecule has 0 fully saturated rings. The van der Waals surface area contributed by atoms with Crippen molar-refractivity contribution >= 4 is 23.2 Å². The number of nitrogens with one attached hydrogen (secondary N) is 1. The minimum Gasteiger partial charge on any atom is -0.306 e. The molecule has 19 heavy (non-hydrogen) atoms. The summed E-state index contributed by atoms with van der Waals surface area (Å²) in [5.74, 6) is -0.225. The third-order valence-electron chi connectivity index (χ3n) is 2.88. The lowest BCUT2D eigenvalue weighted by molar-refractivity contribution is 0.565. The van der Waals surface area contributed by atoms with Crippen LogP contribution in [0, 0.1) is 5.82 Å². The molecule has 1 atom stereocenters. The summed E-state index contributed by atoms with van der Waals surface area (Å²) in [4.78, 5) is 0. The second-order valence-electron chi connectivity index (χ2n) is 4.44. The van der Waals surface area contributed by atoms with E-state index in [-0.39, 0.29) is 11.9 Å². The number of benzene rings is 2. The highest BCUT2D eigenvalue weighted by atomic mass is 35.5. The Bertz CT molecular complexity index is 552. The van der Waals surface area contributed by atoms with E-state index in [4.69, 9.17) is 23.2 Å². The Kier molecular flexibility index (Phi) is 4.81. The Morgan fingerprint density at radius 2 is 1.79 bits per heavy atom. The number of rotatable bonds is 4. The molecule has 0 saturated carbocycles. The van der Waals surface area contributed by atoms with E-state index in [1.807, 2.05) is 25.1 Å². The molecule has 2 aromatic rings. The van der Waals surface area contributed by atoms with E-state index in [1.54, 1.807) is 12.1 Å². The van der Waals surface area contributed by atoms with Crippen molar-refractivity contribution in [2.75, 3.05) is 0 Å². The molecule has 4 heteroatoms. The molecule has 1 nitrogen and oxygen atoms in total. The SMILES string of the molecule is C[C@H](NCc1cc(Cl)cc(Cl)c1)c1cccc(F)c1. The molecular weight excluding hydrogens is 284 g/mol. The lowest BCUT2D eigenvalue weighted by Gasteiger charge is -2.14. The average Bonchev–Trinajstić information content (AvgIpc) is 2.35. The fraction of sp³-hybridized carbons (Fsp3) is 0.200. The minimum atomic E-state index is -0.225. The molecule has 100 valence electrons. The molecular formula is C15H14Cl2FN. The van der Waals surface area contributed by atoms with Crippen molar-refractivity contribution in [2.45, 2.75) is 19.5 Å². The maximum Gasteiger partial charge on any atom is 0.123 e. The summed E-state index contributed by atoms with van der Waals surface area (Å²) in [5.41, 5.74) is 1.91. The van der Waals surface area contributed by atoms with E-state index in [9.17, 15) is 4.39 Å². The van der Waals surface area contributed by atoms with Crippen molar-refractivity contribution in [1.82, 2.24) is 5.32 Å². The Morgan fingerprint density at radius 1 is 1.11 bits per heavy atom. The van der Waals surface area contributed by atoms with Crippen LogP contribution in [0.15, 0.2) is 42.5 Å². The van der Waals surface area contributed by atoms with E-state index >= 15 is 0 Å². The van der Waals surface area contributed by atoms with Crippen LogP contribution in [0.25, 0.3) is 0 Å². The average molecular weight is 298 g/mol. The van der Waals surface area contributed by atoms with Crippen LogP contribution in [0.5, 0.6) is 0 Å². The van der Waals surface area contributed by atoms with Gasteiger partial charge in [0.2, 0.25) is 0 Å². The minimum absolute atomic E-state index is 0.0495. The zero-order valence-corrected chi connectivity index (χ0v) is 12.0. The molecule has 1 N–H and O–H groups in total. The fourth-order valence-electron chi connectivity index (χ4n) is 1.88. The third-order valence-corrected chi connectivity index (χ3v) is 3.32. The second-order valence-corrected chi connectivity index (χ2v) is 5.31. The van der Waals surface area contributed by atoms with Crippen LogP contribution < -0.4 is 5.32 Å². The Morgan fingerprint density at radius 3 is 2.42 bits per heavy atom. The highest BCUT2D eigenvalue weighted by Gasteiger charge is 2.06. The van der Waals surface area contributed by atoms with Gasteiger partial charge in [0.1, 0.15) is 5.82 Å². The second kappa shape index (κ2) is 6.38. The first-order valence-corrected chi connectivity index (χ1v) is 6.74. The van der Waals surface area contributed by atoms with Gasteiger partial charge in [-0.3, -0.25) is 0 Å². The van der Waals surface area contributed by atoms with Crippen molar-refractivity contribution in [3.8, 4) is 0 Å². The quantitative estimate of drug-likeness (QED) is 0.839. The third kappa shape index (κ3) is 4.20. The van der Waals surface area contributed by atoms with E-state index in [2.05, 4.69) is 5.32 Å². The highest BCUT2D eigenvalue weighted by molar-refractivity contribution is 6.34. The highest BCUT2D eigenvalue weighted by Crippen LogP contribution is 2.20. The van der Waals surface area contributed by atoms with Gasteiger partial charge in [0.05, 0.1) is 0 Å².